The van der Waals surface area contributed by atoms with E-state index in [2.05, 4.69) is 12.2 Å². The molecule has 2 N–H and O–H groups in total. The summed E-state index contributed by atoms with van der Waals surface area (Å²) < 4.78 is 46.9. The third-order valence-corrected chi connectivity index (χ3v) is 5.38. The lowest BCUT2D eigenvalue weighted by atomic mass is 9.88. The van der Waals surface area contributed by atoms with E-state index >= 15 is 0 Å². The first-order valence-corrected chi connectivity index (χ1v) is 10.2. The van der Waals surface area contributed by atoms with Gasteiger partial charge in [-0.15, -0.1) is 13.2 Å². The number of aromatic nitrogens is 2. The van der Waals surface area contributed by atoms with Crippen LogP contribution in [0.25, 0.3) is 0 Å². The summed E-state index contributed by atoms with van der Waals surface area (Å²) in [6.45, 7) is 10.7. The summed E-state index contributed by atoms with van der Waals surface area (Å²) in [5.74, 6) is -0.436. The van der Waals surface area contributed by atoms with E-state index in [4.69, 9.17) is 17.0 Å². The summed E-state index contributed by atoms with van der Waals surface area (Å²) in [6.07, 6.45) is -3.31. The lowest BCUT2D eigenvalue weighted by Gasteiger charge is -2.44. The number of alkyl halides is 3. The first-order chi connectivity index (χ1) is 13.1. The highest BCUT2D eigenvalue weighted by Gasteiger charge is 2.48. The van der Waals surface area contributed by atoms with Gasteiger partial charge >= 0.3 is 11.9 Å². The van der Waals surface area contributed by atoms with E-state index in [0.29, 0.717) is 6.54 Å². The van der Waals surface area contributed by atoms with E-state index in [1.165, 1.54) is 4.57 Å². The Bertz CT molecular complexity index is 869. The van der Waals surface area contributed by atoms with Crippen LogP contribution in [0.3, 0.4) is 0 Å². The van der Waals surface area contributed by atoms with Crippen LogP contribution in [0.1, 0.15) is 72.5 Å². The van der Waals surface area contributed by atoms with Crippen molar-refractivity contribution in [2.24, 2.45) is 0 Å². The van der Waals surface area contributed by atoms with Crippen LogP contribution in [0.4, 0.5) is 13.2 Å². The minimum atomic E-state index is -5.00. The lowest BCUT2D eigenvalue weighted by molar-refractivity contribution is -0.209. The number of ether oxygens (including phenoxy) is 1. The number of aliphatic hydroxyl groups is 1. The Kier molecular flexibility index (Phi) is 6.62. The number of nitrogens with zero attached hydrogens (tertiary/aromatic N) is 2. The summed E-state index contributed by atoms with van der Waals surface area (Å²) in [7, 11) is 0. The normalized spacial score (nSPS) is 21.6. The van der Waals surface area contributed by atoms with Crippen molar-refractivity contribution < 1.29 is 23.0 Å². The molecule has 0 amide bonds. The second kappa shape index (κ2) is 8.03. The summed E-state index contributed by atoms with van der Waals surface area (Å²) >= 11 is 5.11. The predicted molar refractivity (Wildman–Crippen MR) is 107 cm³/mol. The minimum Gasteiger partial charge on any atom is -0.478 e. The maximum atomic E-state index is 13.7. The lowest BCUT2D eigenvalue weighted by Crippen LogP contribution is -2.56. The second-order valence-electron chi connectivity index (χ2n) is 8.90. The van der Waals surface area contributed by atoms with Crippen molar-refractivity contribution in [3.8, 4) is 5.75 Å². The number of fused-ring (bicyclic) bond motifs is 1. The van der Waals surface area contributed by atoms with Gasteiger partial charge in [0.25, 0.3) is 0 Å². The maximum absolute atomic E-state index is 13.7. The van der Waals surface area contributed by atoms with Gasteiger partial charge in [0, 0.05) is 5.54 Å². The Labute approximate surface area is 173 Å². The van der Waals surface area contributed by atoms with Crippen LogP contribution in [0.5, 0.6) is 5.75 Å². The van der Waals surface area contributed by atoms with Crippen LogP contribution in [-0.4, -0.2) is 32.5 Å². The molecular weight excluding hydrogens is 407 g/mol. The fraction of sp³-hybridized carbons (Fsp3) is 0.789. The molecule has 2 heterocycles. The summed E-state index contributed by atoms with van der Waals surface area (Å²) in [5.41, 5.74) is -3.37. The monoisotopic (exact) mass is 437 g/mol. The average molecular weight is 438 g/mol. The number of halogens is 3. The molecule has 0 aromatic carbocycles. The highest BCUT2D eigenvalue weighted by Crippen LogP contribution is 2.41. The number of nitrogens with one attached hydrogen (secondary N) is 1. The molecule has 2 rings (SSSR count). The van der Waals surface area contributed by atoms with Crippen molar-refractivity contribution >= 4 is 12.2 Å². The molecule has 0 radical (unpaired) electrons. The molecule has 166 valence electrons. The molecule has 1 aliphatic heterocycles. The number of aliphatic hydroxyl groups excluding tert-OH is 1. The zero-order valence-electron chi connectivity index (χ0n) is 17.7. The van der Waals surface area contributed by atoms with Gasteiger partial charge in [0.15, 0.2) is 4.77 Å². The molecule has 10 heteroatoms. The molecular formula is C19H30F3N3O3S. The van der Waals surface area contributed by atoms with E-state index in [1.807, 2.05) is 0 Å². The summed E-state index contributed by atoms with van der Waals surface area (Å²) in [6, 6.07) is -0.804. The summed E-state index contributed by atoms with van der Waals surface area (Å²) in [5, 5.41) is 14.2. The van der Waals surface area contributed by atoms with Gasteiger partial charge < -0.3 is 19.7 Å². The maximum Gasteiger partial charge on any atom is 0.493 e. The molecule has 0 aliphatic carbocycles. The molecule has 1 aliphatic rings. The van der Waals surface area contributed by atoms with Crippen molar-refractivity contribution in [1.82, 2.24) is 14.5 Å². The Morgan fingerprint density at radius 3 is 2.28 bits per heavy atom. The quantitative estimate of drug-likeness (QED) is 0.539. The molecule has 1 aromatic heterocycles. The molecule has 0 fully saturated rings. The standard InChI is InChI=1S/C19H30F3N3O3S/c1-7-8-9-10-23-11-12-13(28-18(5,6)14(11)26)15(27)25(19(20,21)22)16(29)24(12)17(2,3)4/h11,14,23,26H,7-10H2,1-6H3. The van der Waals surface area contributed by atoms with Crippen molar-refractivity contribution in [1.29, 1.82) is 0 Å². The van der Waals surface area contributed by atoms with Gasteiger partial charge in [-0.1, -0.05) is 19.8 Å². The van der Waals surface area contributed by atoms with Crippen molar-refractivity contribution in [3.63, 3.8) is 0 Å². The number of hydrogen-bond donors (Lipinski definition) is 2. The van der Waals surface area contributed by atoms with E-state index in [9.17, 15) is 23.1 Å². The van der Waals surface area contributed by atoms with Crippen LogP contribution < -0.4 is 15.6 Å². The molecule has 29 heavy (non-hydrogen) atoms. The Balaban J connectivity index is 2.84. The van der Waals surface area contributed by atoms with E-state index in [0.717, 1.165) is 19.3 Å². The molecule has 2 atom stereocenters. The molecule has 0 saturated carbocycles. The van der Waals surface area contributed by atoms with Crippen LogP contribution in [0.2, 0.25) is 0 Å². The first-order valence-electron chi connectivity index (χ1n) is 9.74. The number of unbranched alkanes of at least 4 members (excludes halogenated alkanes) is 2. The zero-order valence-corrected chi connectivity index (χ0v) is 18.5. The van der Waals surface area contributed by atoms with Gasteiger partial charge in [-0.3, -0.25) is 4.79 Å². The van der Waals surface area contributed by atoms with Crippen LogP contribution in [0.15, 0.2) is 4.79 Å². The van der Waals surface area contributed by atoms with Gasteiger partial charge in [-0.05, 0) is 59.8 Å². The largest absolute Gasteiger partial charge is 0.493 e. The highest BCUT2D eigenvalue weighted by molar-refractivity contribution is 7.71. The highest BCUT2D eigenvalue weighted by atomic mass is 32.1. The number of rotatable bonds is 5. The van der Waals surface area contributed by atoms with Gasteiger partial charge in [0.2, 0.25) is 5.75 Å². The van der Waals surface area contributed by atoms with Gasteiger partial charge in [0.05, 0.1) is 11.7 Å². The minimum absolute atomic E-state index is 0.149. The van der Waals surface area contributed by atoms with E-state index in [1.54, 1.807) is 34.6 Å². The molecule has 0 spiro atoms. The van der Waals surface area contributed by atoms with Crippen LogP contribution >= 0.6 is 12.2 Å². The Morgan fingerprint density at radius 1 is 1.21 bits per heavy atom. The third kappa shape index (κ3) is 4.54. The van der Waals surface area contributed by atoms with Crippen molar-refractivity contribution in [2.75, 3.05) is 6.54 Å². The van der Waals surface area contributed by atoms with Crippen LogP contribution in [0, 0.1) is 4.77 Å². The van der Waals surface area contributed by atoms with Crippen LogP contribution in [-0.2, 0) is 11.8 Å². The van der Waals surface area contributed by atoms with Gasteiger partial charge in [0.1, 0.15) is 11.7 Å². The molecule has 0 saturated heterocycles. The fourth-order valence-corrected chi connectivity index (χ4v) is 4.12. The molecule has 1 aromatic rings. The van der Waals surface area contributed by atoms with Gasteiger partial charge in [-0.2, -0.15) is 4.57 Å². The zero-order chi connectivity index (χ0) is 22.4. The third-order valence-electron chi connectivity index (χ3n) is 5.01. The van der Waals surface area contributed by atoms with Crippen molar-refractivity contribution in [2.45, 2.75) is 90.4 Å². The smallest absolute Gasteiger partial charge is 0.478 e. The summed E-state index contributed by atoms with van der Waals surface area (Å²) in [4.78, 5) is 12.8. The van der Waals surface area contributed by atoms with Crippen molar-refractivity contribution in [3.05, 3.63) is 20.8 Å². The Morgan fingerprint density at radius 2 is 1.79 bits per heavy atom. The molecule has 2 unspecified atom stereocenters. The van der Waals surface area contributed by atoms with E-state index in [-0.39, 0.29) is 10.3 Å². The number of hydrogen-bond acceptors (Lipinski definition) is 5. The molecule has 0 bridgehead atoms. The fourth-order valence-electron chi connectivity index (χ4n) is 3.57. The van der Waals surface area contributed by atoms with E-state index < -0.39 is 45.7 Å². The molecule has 6 nitrogen and oxygen atoms in total. The first kappa shape index (κ1) is 23.9. The topological polar surface area (TPSA) is 68.4 Å². The predicted octanol–water partition coefficient (Wildman–Crippen LogP) is 3.96. The van der Waals surface area contributed by atoms with Gasteiger partial charge in [-0.25, -0.2) is 0 Å². The average Bonchev–Trinajstić information content (AvgIpc) is 2.53. The second-order valence-corrected chi connectivity index (χ2v) is 9.27. The Hall–Kier alpha value is -1.39. The SMILES string of the molecule is CCCCCNC1c2c(c(=O)n(C(F)(F)F)c(=S)n2C(C)(C)C)OC(C)(C)C1O.